The summed E-state index contributed by atoms with van der Waals surface area (Å²) in [5, 5.41) is 8.51. The lowest BCUT2D eigenvalue weighted by atomic mass is 10.1. The second-order valence-electron chi connectivity index (χ2n) is 5.84. The maximum absolute atomic E-state index is 11.4. The number of ether oxygens (including phenoxy) is 2. The first-order valence-electron chi connectivity index (χ1n) is 9.15. The normalized spacial score (nSPS) is 10.8. The Bertz CT molecular complexity index is 231. The van der Waals surface area contributed by atoms with Crippen LogP contribution in [0, 0.1) is 0 Å². The van der Waals surface area contributed by atoms with Crippen molar-refractivity contribution in [3.8, 4) is 0 Å². The molecule has 0 aromatic heterocycles. The number of carbonyl (C=O) groups excluding carboxylic acids is 1. The van der Waals surface area contributed by atoms with E-state index in [-0.39, 0.29) is 19.2 Å². The van der Waals surface area contributed by atoms with E-state index in [2.05, 4.69) is 6.92 Å². The van der Waals surface area contributed by atoms with Gasteiger partial charge in [0.2, 0.25) is 0 Å². The molecule has 0 aliphatic carbocycles. The summed E-state index contributed by atoms with van der Waals surface area (Å²) in [5.74, 6) is -0.136. The first-order chi connectivity index (χ1) is 10.8. The van der Waals surface area contributed by atoms with Gasteiger partial charge in [0.05, 0.1) is 19.8 Å². The largest absolute Gasteiger partial charge is 0.463 e. The van der Waals surface area contributed by atoms with Crippen molar-refractivity contribution in [1.29, 1.82) is 0 Å². The summed E-state index contributed by atoms with van der Waals surface area (Å²) in [6.45, 7) is 3.21. The maximum atomic E-state index is 11.4. The van der Waals surface area contributed by atoms with Crippen molar-refractivity contribution >= 4 is 5.97 Å². The van der Waals surface area contributed by atoms with Crippen LogP contribution in [0.15, 0.2) is 0 Å². The summed E-state index contributed by atoms with van der Waals surface area (Å²) in [4.78, 5) is 11.4. The smallest absolute Gasteiger partial charge is 0.305 e. The van der Waals surface area contributed by atoms with Crippen LogP contribution in [0.25, 0.3) is 0 Å². The summed E-state index contributed by atoms with van der Waals surface area (Å²) >= 11 is 0. The van der Waals surface area contributed by atoms with Crippen LogP contribution in [0.4, 0.5) is 0 Å². The summed E-state index contributed by atoms with van der Waals surface area (Å²) in [7, 11) is 0. The maximum Gasteiger partial charge on any atom is 0.305 e. The van der Waals surface area contributed by atoms with Gasteiger partial charge in [-0.3, -0.25) is 4.79 Å². The minimum absolute atomic E-state index is 0.00663. The molecule has 0 aromatic rings. The van der Waals surface area contributed by atoms with Crippen LogP contribution >= 0.6 is 0 Å². The van der Waals surface area contributed by atoms with Crippen molar-refractivity contribution < 1.29 is 19.4 Å². The van der Waals surface area contributed by atoms with Crippen molar-refractivity contribution in [2.75, 3.05) is 26.4 Å². The molecule has 0 unspecified atom stereocenters. The van der Waals surface area contributed by atoms with Crippen LogP contribution in [0.1, 0.15) is 84.0 Å². The minimum Gasteiger partial charge on any atom is -0.463 e. The van der Waals surface area contributed by atoms with Gasteiger partial charge in [-0.25, -0.2) is 0 Å². The predicted octanol–water partition coefficient (Wildman–Crippen LogP) is 4.24. The SMILES string of the molecule is CCCCCCCCCCCCCC(=O)OCCOCCO. The third-order valence-corrected chi connectivity index (χ3v) is 3.71. The molecule has 0 amide bonds. The van der Waals surface area contributed by atoms with Gasteiger partial charge in [0.1, 0.15) is 6.61 Å². The van der Waals surface area contributed by atoms with Crippen LogP contribution in [-0.2, 0) is 14.3 Å². The van der Waals surface area contributed by atoms with Crippen LogP contribution in [0.2, 0.25) is 0 Å². The molecule has 4 nitrogen and oxygen atoms in total. The highest BCUT2D eigenvalue weighted by Crippen LogP contribution is 2.12. The molecule has 22 heavy (non-hydrogen) atoms. The van der Waals surface area contributed by atoms with Gasteiger partial charge in [-0.2, -0.15) is 0 Å². The molecule has 0 radical (unpaired) electrons. The van der Waals surface area contributed by atoms with Gasteiger partial charge in [-0.15, -0.1) is 0 Å². The first kappa shape index (κ1) is 21.4. The molecule has 0 fully saturated rings. The van der Waals surface area contributed by atoms with Gasteiger partial charge < -0.3 is 14.6 Å². The van der Waals surface area contributed by atoms with E-state index in [9.17, 15) is 4.79 Å². The predicted molar refractivity (Wildman–Crippen MR) is 89.9 cm³/mol. The number of unbranched alkanes of at least 4 members (excludes halogenated alkanes) is 10. The van der Waals surface area contributed by atoms with E-state index in [0.717, 1.165) is 12.8 Å². The number of carbonyl (C=O) groups is 1. The molecule has 0 heterocycles. The molecule has 0 rings (SSSR count). The molecule has 4 heteroatoms. The van der Waals surface area contributed by atoms with Gasteiger partial charge in [-0.05, 0) is 6.42 Å². The number of hydrogen-bond acceptors (Lipinski definition) is 4. The Kier molecular flexibility index (Phi) is 17.9. The third-order valence-electron chi connectivity index (χ3n) is 3.71. The second kappa shape index (κ2) is 18.4. The topological polar surface area (TPSA) is 55.8 Å². The Labute approximate surface area is 136 Å². The summed E-state index contributed by atoms with van der Waals surface area (Å²) in [6.07, 6.45) is 14.6. The van der Waals surface area contributed by atoms with E-state index < -0.39 is 0 Å². The lowest BCUT2D eigenvalue weighted by Crippen LogP contribution is -2.11. The number of esters is 1. The van der Waals surface area contributed by atoms with E-state index in [1.165, 1.54) is 57.8 Å². The summed E-state index contributed by atoms with van der Waals surface area (Å²) in [6, 6.07) is 0. The van der Waals surface area contributed by atoms with Gasteiger partial charge in [-0.1, -0.05) is 71.1 Å². The quantitative estimate of drug-likeness (QED) is 0.322. The third kappa shape index (κ3) is 17.4. The number of aliphatic hydroxyl groups is 1. The monoisotopic (exact) mass is 316 g/mol. The Morgan fingerprint density at radius 3 is 1.86 bits per heavy atom. The highest BCUT2D eigenvalue weighted by atomic mass is 16.6. The molecule has 0 aliphatic heterocycles. The summed E-state index contributed by atoms with van der Waals surface area (Å²) < 4.78 is 10.1. The van der Waals surface area contributed by atoms with Crippen molar-refractivity contribution in [2.45, 2.75) is 84.0 Å². The average molecular weight is 316 g/mol. The Balaban J connectivity index is 3.10. The zero-order chi connectivity index (χ0) is 16.3. The molecule has 0 aliphatic rings. The van der Waals surface area contributed by atoms with Crippen molar-refractivity contribution in [2.24, 2.45) is 0 Å². The molecule has 132 valence electrons. The van der Waals surface area contributed by atoms with E-state index in [1.54, 1.807) is 0 Å². The van der Waals surface area contributed by atoms with E-state index in [4.69, 9.17) is 14.6 Å². The van der Waals surface area contributed by atoms with Crippen LogP contribution in [0.5, 0.6) is 0 Å². The number of rotatable bonds is 17. The molecule has 0 aromatic carbocycles. The van der Waals surface area contributed by atoms with E-state index in [0.29, 0.717) is 19.6 Å². The lowest BCUT2D eigenvalue weighted by molar-refractivity contribution is -0.145. The fraction of sp³-hybridized carbons (Fsp3) is 0.944. The summed E-state index contributed by atoms with van der Waals surface area (Å²) in [5.41, 5.74) is 0. The molecule has 1 N–H and O–H groups in total. The molecular weight excluding hydrogens is 280 g/mol. The molecule has 0 bridgehead atoms. The Hall–Kier alpha value is -0.610. The van der Waals surface area contributed by atoms with E-state index in [1.807, 2.05) is 0 Å². The lowest BCUT2D eigenvalue weighted by Gasteiger charge is -2.05. The molecular formula is C18H36O4. The highest BCUT2D eigenvalue weighted by molar-refractivity contribution is 5.69. The number of aliphatic hydroxyl groups excluding tert-OH is 1. The van der Waals surface area contributed by atoms with Crippen molar-refractivity contribution in [3.05, 3.63) is 0 Å². The fourth-order valence-electron chi connectivity index (χ4n) is 2.39. The molecule has 0 saturated heterocycles. The second-order valence-corrected chi connectivity index (χ2v) is 5.84. The van der Waals surface area contributed by atoms with E-state index >= 15 is 0 Å². The first-order valence-corrected chi connectivity index (χ1v) is 9.15. The highest BCUT2D eigenvalue weighted by Gasteiger charge is 2.02. The Morgan fingerprint density at radius 2 is 1.32 bits per heavy atom. The minimum atomic E-state index is -0.136. The van der Waals surface area contributed by atoms with Gasteiger partial charge in [0.25, 0.3) is 0 Å². The Morgan fingerprint density at radius 1 is 0.773 bits per heavy atom. The zero-order valence-corrected chi connectivity index (χ0v) is 14.5. The van der Waals surface area contributed by atoms with Crippen LogP contribution < -0.4 is 0 Å². The fourth-order valence-corrected chi connectivity index (χ4v) is 2.39. The van der Waals surface area contributed by atoms with Gasteiger partial charge in [0, 0.05) is 6.42 Å². The van der Waals surface area contributed by atoms with Gasteiger partial charge >= 0.3 is 5.97 Å². The van der Waals surface area contributed by atoms with Crippen LogP contribution in [0.3, 0.4) is 0 Å². The number of hydrogen-bond donors (Lipinski definition) is 1. The average Bonchev–Trinajstić information content (AvgIpc) is 2.52. The molecule has 0 saturated carbocycles. The van der Waals surface area contributed by atoms with Crippen LogP contribution in [-0.4, -0.2) is 37.5 Å². The standard InChI is InChI=1S/C18H36O4/c1-2-3-4-5-6-7-8-9-10-11-12-13-18(20)22-17-16-21-15-14-19/h19H,2-17H2,1H3. The molecule has 0 atom stereocenters. The zero-order valence-electron chi connectivity index (χ0n) is 14.5. The molecule has 0 spiro atoms. The van der Waals surface area contributed by atoms with Gasteiger partial charge in [0.15, 0.2) is 0 Å². The van der Waals surface area contributed by atoms with Crippen molar-refractivity contribution in [1.82, 2.24) is 0 Å². The van der Waals surface area contributed by atoms with Crippen molar-refractivity contribution in [3.63, 3.8) is 0 Å².